The minimum atomic E-state index is -1.61. The van der Waals surface area contributed by atoms with E-state index >= 15 is 0 Å². The maximum Gasteiger partial charge on any atom is 0.347 e. The topological polar surface area (TPSA) is 94.4 Å². The van der Waals surface area contributed by atoms with Crippen LogP contribution < -0.4 is 0 Å². The third-order valence-corrected chi connectivity index (χ3v) is 2.84. The SMILES string of the molecule is COC(=O)C1(C(=O)OC)N=NCC1C(C)C.[C]=O.[Cr]. The van der Waals surface area contributed by atoms with Gasteiger partial charge in [0.2, 0.25) is 0 Å². The van der Waals surface area contributed by atoms with E-state index in [0.717, 1.165) is 0 Å². The third-order valence-electron chi connectivity index (χ3n) is 2.84. The Bertz CT molecular complexity index is 330. The van der Waals surface area contributed by atoms with Crippen LogP contribution >= 0.6 is 0 Å². The molecule has 0 saturated carbocycles. The predicted octanol–water partition coefficient (Wildman–Crippen LogP) is 0.410. The largest absolute Gasteiger partial charge is 0.467 e. The molecule has 7 nitrogen and oxygen atoms in total. The molecule has 0 aromatic heterocycles. The average molecular weight is 308 g/mol. The van der Waals surface area contributed by atoms with E-state index in [2.05, 4.69) is 26.5 Å². The fraction of sp³-hybridized carbons (Fsp3) is 0.727. The molecule has 0 amide bonds. The van der Waals surface area contributed by atoms with Crippen molar-refractivity contribution in [2.45, 2.75) is 19.4 Å². The molecule has 1 heterocycles. The van der Waals surface area contributed by atoms with Gasteiger partial charge in [-0.1, -0.05) is 13.8 Å². The van der Waals surface area contributed by atoms with Crippen molar-refractivity contribution in [1.82, 2.24) is 0 Å². The van der Waals surface area contributed by atoms with Crippen LogP contribution in [0, 0.1) is 11.8 Å². The molecule has 1 aliphatic rings. The van der Waals surface area contributed by atoms with E-state index in [1.165, 1.54) is 14.2 Å². The summed E-state index contributed by atoms with van der Waals surface area (Å²) in [5.74, 6) is -1.65. The van der Waals surface area contributed by atoms with E-state index in [9.17, 15) is 9.59 Å². The van der Waals surface area contributed by atoms with Gasteiger partial charge < -0.3 is 9.47 Å². The Morgan fingerprint density at radius 3 is 1.95 bits per heavy atom. The molecule has 0 aliphatic carbocycles. The fourth-order valence-electron chi connectivity index (χ4n) is 1.92. The van der Waals surface area contributed by atoms with Crippen LogP contribution in [-0.2, 0) is 41.2 Å². The van der Waals surface area contributed by atoms with Crippen molar-refractivity contribution in [2.75, 3.05) is 20.8 Å². The molecule has 1 unspecified atom stereocenters. The van der Waals surface area contributed by atoms with Gasteiger partial charge in [-0.15, -0.1) is 0 Å². The van der Waals surface area contributed by atoms with Crippen LogP contribution in [0.5, 0.6) is 0 Å². The van der Waals surface area contributed by atoms with Gasteiger partial charge in [0, 0.05) is 23.3 Å². The van der Waals surface area contributed by atoms with Crippen LogP contribution in [0.4, 0.5) is 0 Å². The minimum absolute atomic E-state index is 0. The van der Waals surface area contributed by atoms with Gasteiger partial charge in [0.05, 0.1) is 20.8 Å². The summed E-state index contributed by atoms with van der Waals surface area (Å²) >= 11 is 0. The van der Waals surface area contributed by atoms with Gasteiger partial charge in [0.15, 0.2) is 0 Å². The molecule has 1 rings (SSSR count). The van der Waals surface area contributed by atoms with Crippen LogP contribution in [-0.4, -0.2) is 45.0 Å². The summed E-state index contributed by atoms with van der Waals surface area (Å²) in [5.41, 5.74) is -1.61. The number of hydrogen-bond donors (Lipinski definition) is 0. The Labute approximate surface area is 122 Å². The van der Waals surface area contributed by atoms with E-state index in [1.807, 2.05) is 13.8 Å². The van der Waals surface area contributed by atoms with E-state index in [4.69, 9.17) is 4.79 Å². The summed E-state index contributed by atoms with van der Waals surface area (Å²) in [6.07, 6.45) is 0. The molecule has 0 bridgehead atoms. The Balaban J connectivity index is 0. The van der Waals surface area contributed by atoms with Crippen molar-refractivity contribution in [3.63, 3.8) is 0 Å². The minimum Gasteiger partial charge on any atom is -0.467 e. The molecular weight excluding hydrogens is 292 g/mol. The summed E-state index contributed by atoms with van der Waals surface area (Å²) in [6, 6.07) is 0. The molecule has 2 radical (unpaired) electrons. The molecule has 0 fully saturated rings. The number of methoxy groups -OCH3 is 2. The first kappa shape index (κ1) is 20.1. The normalized spacial score (nSPS) is 18.9. The van der Waals surface area contributed by atoms with Crippen LogP contribution in [0.25, 0.3) is 0 Å². The zero-order valence-electron chi connectivity index (χ0n) is 11.2. The molecule has 19 heavy (non-hydrogen) atoms. The van der Waals surface area contributed by atoms with E-state index in [0.29, 0.717) is 6.54 Å². The fourth-order valence-corrected chi connectivity index (χ4v) is 1.92. The van der Waals surface area contributed by atoms with Gasteiger partial charge in [0.1, 0.15) is 0 Å². The van der Waals surface area contributed by atoms with Crippen LogP contribution in [0.1, 0.15) is 13.8 Å². The number of carbonyl (C=O) groups is 2. The summed E-state index contributed by atoms with van der Waals surface area (Å²) in [6.45, 7) is 8.64. The molecule has 1 atom stereocenters. The number of esters is 2. The molecule has 0 aromatic rings. The van der Waals surface area contributed by atoms with E-state index in [-0.39, 0.29) is 29.2 Å². The second kappa shape index (κ2) is 8.78. The Morgan fingerprint density at radius 1 is 1.21 bits per heavy atom. The molecule has 106 valence electrons. The van der Waals surface area contributed by atoms with Crippen molar-refractivity contribution in [3.05, 3.63) is 0 Å². The zero-order valence-corrected chi connectivity index (χ0v) is 12.5. The molecule has 0 saturated heterocycles. The predicted molar refractivity (Wildman–Crippen MR) is 60.5 cm³/mol. The standard InChI is InChI=1S/C10H16N2O4.CO.Cr/c1-6(2)7-5-11-12-10(7,8(13)15-3)9(14)16-4;1-2;/h6-7H,5H2,1-4H3;;. The maximum absolute atomic E-state index is 11.8. The van der Waals surface area contributed by atoms with Gasteiger partial charge >= 0.3 is 11.9 Å². The quantitative estimate of drug-likeness (QED) is 0.556. The summed E-state index contributed by atoms with van der Waals surface area (Å²) < 4.78 is 9.29. The number of azo groups is 1. The average Bonchev–Trinajstić information content (AvgIpc) is 2.85. The molecule has 1 aliphatic heterocycles. The van der Waals surface area contributed by atoms with E-state index < -0.39 is 17.5 Å². The number of rotatable bonds is 3. The molecule has 0 spiro atoms. The summed E-state index contributed by atoms with van der Waals surface area (Å²) in [7, 11) is 2.44. The summed E-state index contributed by atoms with van der Waals surface area (Å²) in [4.78, 5) is 31.0. The second-order valence-electron chi connectivity index (χ2n) is 4.02. The van der Waals surface area contributed by atoms with E-state index in [1.54, 1.807) is 0 Å². The van der Waals surface area contributed by atoms with Gasteiger partial charge in [-0.25, -0.2) is 9.59 Å². The third kappa shape index (κ3) is 3.61. The van der Waals surface area contributed by atoms with Gasteiger partial charge in [-0.2, -0.15) is 10.2 Å². The van der Waals surface area contributed by atoms with Gasteiger partial charge in [0.25, 0.3) is 12.3 Å². The van der Waals surface area contributed by atoms with Gasteiger partial charge in [-0.05, 0) is 5.92 Å². The molecule has 8 heteroatoms. The Kier molecular flexibility index (Phi) is 9.27. The van der Waals surface area contributed by atoms with Crippen LogP contribution in [0.3, 0.4) is 0 Å². The number of ether oxygens (including phenoxy) is 2. The monoisotopic (exact) mass is 308 g/mol. The second-order valence-corrected chi connectivity index (χ2v) is 4.02. The van der Waals surface area contributed by atoms with Crippen molar-refractivity contribution < 1.29 is 41.2 Å². The molecular formula is C11H16CrN2O5. The Hall–Kier alpha value is -1.26. The van der Waals surface area contributed by atoms with Crippen LogP contribution in [0.15, 0.2) is 10.2 Å². The number of hydrogen-bond acceptors (Lipinski definition) is 7. The van der Waals surface area contributed by atoms with Gasteiger partial charge in [-0.3, -0.25) is 4.79 Å². The maximum atomic E-state index is 11.8. The first-order valence-electron chi connectivity index (χ1n) is 5.26. The summed E-state index contributed by atoms with van der Waals surface area (Å²) in [5, 5.41) is 7.59. The number of nitrogens with zero attached hydrogens (tertiary/aromatic N) is 2. The molecule has 0 aromatic carbocycles. The first-order valence-corrected chi connectivity index (χ1v) is 5.26. The number of carbonyl (C=O) groups excluding carboxylic acids is 3. The van der Waals surface area contributed by atoms with Crippen molar-refractivity contribution in [2.24, 2.45) is 22.1 Å². The smallest absolute Gasteiger partial charge is 0.347 e. The van der Waals surface area contributed by atoms with Crippen molar-refractivity contribution in [1.29, 1.82) is 0 Å². The first-order chi connectivity index (χ1) is 8.50. The molecule has 0 N–H and O–H groups in total. The van der Waals surface area contributed by atoms with Crippen molar-refractivity contribution >= 4 is 18.7 Å². The zero-order chi connectivity index (χ0) is 14.3. The van der Waals surface area contributed by atoms with Crippen LogP contribution in [0.2, 0.25) is 0 Å². The van der Waals surface area contributed by atoms with Crippen molar-refractivity contribution in [3.8, 4) is 0 Å². The Morgan fingerprint density at radius 2 is 1.63 bits per heavy atom.